The van der Waals surface area contributed by atoms with Crippen molar-refractivity contribution < 1.29 is 33.2 Å². The Balaban J connectivity index is 1.30. The second-order valence-corrected chi connectivity index (χ2v) is 12.1. The van der Waals surface area contributed by atoms with Crippen LogP contribution < -0.4 is 9.47 Å². The van der Waals surface area contributed by atoms with E-state index in [0.29, 0.717) is 19.8 Å². The number of hydrogen-bond acceptors (Lipinski definition) is 8. The van der Waals surface area contributed by atoms with Crippen molar-refractivity contribution in [2.24, 2.45) is 0 Å². The molecule has 230 valence electrons. The lowest BCUT2D eigenvalue weighted by molar-refractivity contribution is -0.329. The van der Waals surface area contributed by atoms with E-state index >= 15 is 0 Å². The molecule has 2 saturated heterocycles. The fourth-order valence-corrected chi connectivity index (χ4v) is 6.49. The number of fused-ring (bicyclic) bond motifs is 1. The first-order valence-electron chi connectivity index (χ1n) is 14.8. The zero-order valence-electron chi connectivity index (χ0n) is 25.2. The van der Waals surface area contributed by atoms with E-state index in [-0.39, 0.29) is 11.5 Å². The molecule has 0 aliphatic carbocycles. The average molecular weight is 615 g/mol. The van der Waals surface area contributed by atoms with Crippen molar-refractivity contribution in [3.63, 3.8) is 0 Å². The van der Waals surface area contributed by atoms with Crippen LogP contribution >= 0.6 is 11.8 Å². The summed E-state index contributed by atoms with van der Waals surface area (Å²) >= 11 is 1.63. The van der Waals surface area contributed by atoms with Crippen molar-refractivity contribution in [3.8, 4) is 11.5 Å². The van der Waals surface area contributed by atoms with Gasteiger partial charge in [-0.2, -0.15) is 0 Å². The summed E-state index contributed by atoms with van der Waals surface area (Å²) in [6, 6.07) is 34.2. The van der Waals surface area contributed by atoms with Gasteiger partial charge < -0.3 is 33.2 Å². The van der Waals surface area contributed by atoms with Gasteiger partial charge in [-0.3, -0.25) is 0 Å². The van der Waals surface area contributed by atoms with Crippen molar-refractivity contribution >= 4 is 11.8 Å². The average Bonchev–Trinajstić information content (AvgIpc) is 3.08. The predicted octanol–water partition coefficient (Wildman–Crippen LogP) is 7.11. The summed E-state index contributed by atoms with van der Waals surface area (Å²) in [7, 11) is 3.32. The molecule has 0 aromatic heterocycles. The Kier molecular flexibility index (Phi) is 10.2. The first-order valence-corrected chi connectivity index (χ1v) is 15.7. The molecule has 6 rings (SSSR count). The number of benzene rings is 4. The van der Waals surface area contributed by atoms with Gasteiger partial charge in [0.1, 0.15) is 41.4 Å². The SMILES string of the molecule is COc1ccc(COC2C(Sc3ccc(C)cc3)OC3COC(c4ccccc4)OC3C2OCc2ccc(OC)cc2)cc1. The molecule has 0 N–H and O–H groups in total. The molecule has 2 aliphatic heterocycles. The van der Waals surface area contributed by atoms with Crippen LogP contribution in [0, 0.1) is 6.92 Å². The summed E-state index contributed by atoms with van der Waals surface area (Å²) in [5.41, 5.74) is 3.84. The van der Waals surface area contributed by atoms with Gasteiger partial charge in [0.05, 0.1) is 34.0 Å². The maximum Gasteiger partial charge on any atom is 0.184 e. The van der Waals surface area contributed by atoms with Gasteiger partial charge in [0.2, 0.25) is 0 Å². The molecule has 0 radical (unpaired) electrons. The molecule has 0 bridgehead atoms. The lowest BCUT2D eigenvalue weighted by atomic mass is 9.98. The minimum absolute atomic E-state index is 0.334. The molecule has 2 aliphatic rings. The fraction of sp³-hybridized carbons (Fsp3) is 0.333. The monoisotopic (exact) mass is 614 g/mol. The molecule has 2 heterocycles. The molecule has 44 heavy (non-hydrogen) atoms. The van der Waals surface area contributed by atoms with Crippen molar-refractivity contribution in [1.29, 1.82) is 0 Å². The topological polar surface area (TPSA) is 64.6 Å². The van der Waals surface area contributed by atoms with Crippen LogP contribution in [0.5, 0.6) is 11.5 Å². The molecule has 6 atom stereocenters. The smallest absolute Gasteiger partial charge is 0.184 e. The minimum atomic E-state index is -0.531. The van der Waals surface area contributed by atoms with E-state index in [0.717, 1.165) is 33.1 Å². The zero-order valence-corrected chi connectivity index (χ0v) is 26.0. The molecular weight excluding hydrogens is 576 g/mol. The number of thioether (sulfide) groups is 1. The fourth-order valence-electron chi connectivity index (χ4n) is 5.37. The Bertz CT molecular complexity index is 1450. The zero-order chi connectivity index (χ0) is 30.3. The highest BCUT2D eigenvalue weighted by Gasteiger charge is 2.51. The summed E-state index contributed by atoms with van der Waals surface area (Å²) in [5, 5.41) is 0. The third-order valence-corrected chi connectivity index (χ3v) is 8.99. The van der Waals surface area contributed by atoms with Crippen molar-refractivity contribution in [1.82, 2.24) is 0 Å². The Hall–Kier alpha value is -3.37. The molecule has 0 saturated carbocycles. The van der Waals surface area contributed by atoms with Gasteiger partial charge in [0.25, 0.3) is 0 Å². The quantitative estimate of drug-likeness (QED) is 0.177. The van der Waals surface area contributed by atoms with Crippen LogP contribution in [-0.4, -0.2) is 50.7 Å². The highest BCUT2D eigenvalue weighted by atomic mass is 32.2. The number of methoxy groups -OCH3 is 2. The summed E-state index contributed by atoms with van der Waals surface area (Å²) in [6.07, 6.45) is -2.16. The molecule has 4 aromatic carbocycles. The first-order chi connectivity index (χ1) is 21.6. The van der Waals surface area contributed by atoms with E-state index in [1.54, 1.807) is 26.0 Å². The Morgan fingerprint density at radius 1 is 0.682 bits per heavy atom. The van der Waals surface area contributed by atoms with Crippen molar-refractivity contribution in [3.05, 3.63) is 125 Å². The Morgan fingerprint density at radius 3 is 1.86 bits per heavy atom. The second-order valence-electron chi connectivity index (χ2n) is 10.9. The maximum atomic E-state index is 6.76. The largest absolute Gasteiger partial charge is 0.497 e. The van der Waals surface area contributed by atoms with Crippen LogP contribution in [0.15, 0.2) is 108 Å². The van der Waals surface area contributed by atoms with Crippen LogP contribution in [0.3, 0.4) is 0 Å². The Morgan fingerprint density at radius 2 is 1.27 bits per heavy atom. The standard InChI is InChI=1S/C36H38O7S/c1-24-9-19-30(20-10-24)44-36-34(40-22-26-13-17-29(38-3)18-14-26)33(39-21-25-11-15-28(37-2)16-12-25)32-31(42-36)23-41-35(43-32)27-7-5-4-6-8-27/h4-20,31-36H,21-23H2,1-3H3. The van der Waals surface area contributed by atoms with E-state index in [4.69, 9.17) is 33.2 Å². The molecule has 0 spiro atoms. The number of hydrogen-bond donors (Lipinski definition) is 0. The lowest BCUT2D eigenvalue weighted by Gasteiger charge is -2.49. The van der Waals surface area contributed by atoms with E-state index in [1.165, 1.54) is 5.56 Å². The summed E-state index contributed by atoms with van der Waals surface area (Å²) in [5.74, 6) is 1.60. The van der Waals surface area contributed by atoms with Gasteiger partial charge in [-0.15, -0.1) is 0 Å². The second kappa shape index (κ2) is 14.6. The van der Waals surface area contributed by atoms with Crippen LogP contribution in [0.1, 0.15) is 28.5 Å². The maximum absolute atomic E-state index is 6.76. The molecule has 8 heteroatoms. The molecule has 0 amide bonds. The first kappa shape index (κ1) is 30.6. The molecule has 7 nitrogen and oxygen atoms in total. The summed E-state index contributed by atoms with van der Waals surface area (Å²) < 4.78 is 43.7. The van der Waals surface area contributed by atoms with Gasteiger partial charge in [0, 0.05) is 10.5 Å². The third-order valence-electron chi connectivity index (χ3n) is 7.83. The molecule has 4 aromatic rings. The third kappa shape index (κ3) is 7.46. The van der Waals surface area contributed by atoms with Gasteiger partial charge in [-0.25, -0.2) is 0 Å². The van der Waals surface area contributed by atoms with Crippen molar-refractivity contribution in [2.45, 2.75) is 61.2 Å². The van der Waals surface area contributed by atoms with E-state index in [9.17, 15) is 0 Å². The van der Waals surface area contributed by atoms with Crippen LogP contribution in [0.2, 0.25) is 0 Å². The van der Waals surface area contributed by atoms with Gasteiger partial charge >= 0.3 is 0 Å². The van der Waals surface area contributed by atoms with E-state index in [2.05, 4.69) is 31.2 Å². The van der Waals surface area contributed by atoms with Crippen LogP contribution in [0.4, 0.5) is 0 Å². The number of ether oxygens (including phenoxy) is 7. The van der Waals surface area contributed by atoms with Crippen molar-refractivity contribution in [2.75, 3.05) is 20.8 Å². The Labute approximate surface area is 263 Å². The van der Waals surface area contributed by atoms with E-state index < -0.39 is 24.6 Å². The highest BCUT2D eigenvalue weighted by molar-refractivity contribution is 7.99. The lowest BCUT2D eigenvalue weighted by Crippen LogP contribution is -2.62. The molecule has 2 fully saturated rings. The molecule has 6 unspecified atom stereocenters. The summed E-state index contributed by atoms with van der Waals surface area (Å²) in [6.45, 7) is 3.21. The number of aryl methyl sites for hydroxylation is 1. The van der Waals surface area contributed by atoms with Gasteiger partial charge in [0.15, 0.2) is 6.29 Å². The number of rotatable bonds is 11. The van der Waals surface area contributed by atoms with Gasteiger partial charge in [-0.1, -0.05) is 84.1 Å². The van der Waals surface area contributed by atoms with E-state index in [1.807, 2.05) is 78.9 Å². The van der Waals surface area contributed by atoms with Gasteiger partial charge in [-0.05, 0) is 54.4 Å². The minimum Gasteiger partial charge on any atom is -0.497 e. The van der Waals surface area contributed by atoms with Crippen LogP contribution in [-0.2, 0) is 36.9 Å². The van der Waals surface area contributed by atoms with Crippen LogP contribution in [0.25, 0.3) is 0 Å². The predicted molar refractivity (Wildman–Crippen MR) is 169 cm³/mol. The normalized spacial score (nSPS) is 24.8. The molecular formula is C36H38O7S. The highest BCUT2D eigenvalue weighted by Crippen LogP contribution is 2.41. The summed E-state index contributed by atoms with van der Waals surface area (Å²) in [4.78, 5) is 1.09.